The highest BCUT2D eigenvalue weighted by Gasteiger charge is 2.35. The Morgan fingerprint density at radius 1 is 1.26 bits per heavy atom. The second-order valence-electron chi connectivity index (χ2n) is 5.48. The van der Waals surface area contributed by atoms with E-state index >= 15 is 0 Å². The van der Waals surface area contributed by atoms with Gasteiger partial charge in [0.1, 0.15) is 0 Å². The summed E-state index contributed by atoms with van der Waals surface area (Å²) in [7, 11) is 3.59. The summed E-state index contributed by atoms with van der Waals surface area (Å²) in [5, 5.41) is 0. The van der Waals surface area contributed by atoms with E-state index in [9.17, 15) is 4.79 Å². The van der Waals surface area contributed by atoms with E-state index in [1.54, 1.807) is 19.0 Å². The zero-order valence-electron chi connectivity index (χ0n) is 12.7. The molecule has 1 rings (SSSR count). The summed E-state index contributed by atoms with van der Waals surface area (Å²) in [5.74, 6) is 0.162. The van der Waals surface area contributed by atoms with E-state index in [1.165, 1.54) is 5.57 Å². The highest BCUT2D eigenvalue weighted by Crippen LogP contribution is 2.39. The van der Waals surface area contributed by atoms with Crippen LogP contribution in [0.2, 0.25) is 0 Å². The van der Waals surface area contributed by atoms with E-state index in [1.807, 2.05) is 13.8 Å². The Hall–Kier alpha value is -0.870. The van der Waals surface area contributed by atoms with E-state index in [0.717, 1.165) is 26.1 Å². The number of carbonyl (C=O) groups is 1. The Morgan fingerprint density at radius 2 is 1.84 bits per heavy atom. The Morgan fingerprint density at radius 3 is 2.32 bits per heavy atom. The summed E-state index contributed by atoms with van der Waals surface area (Å²) < 4.78 is 11.2. The maximum absolute atomic E-state index is 11.8. The van der Waals surface area contributed by atoms with Crippen molar-refractivity contribution in [1.82, 2.24) is 4.90 Å². The molecule has 0 aromatic carbocycles. The van der Waals surface area contributed by atoms with E-state index in [0.29, 0.717) is 19.6 Å². The molecule has 4 heteroatoms. The molecule has 19 heavy (non-hydrogen) atoms. The van der Waals surface area contributed by atoms with E-state index in [4.69, 9.17) is 9.47 Å². The van der Waals surface area contributed by atoms with Crippen molar-refractivity contribution in [2.24, 2.45) is 5.41 Å². The van der Waals surface area contributed by atoms with Gasteiger partial charge < -0.3 is 14.4 Å². The van der Waals surface area contributed by atoms with Crippen molar-refractivity contribution < 1.29 is 14.3 Å². The van der Waals surface area contributed by atoms with Gasteiger partial charge in [-0.1, -0.05) is 11.6 Å². The van der Waals surface area contributed by atoms with Crippen LogP contribution in [0.25, 0.3) is 0 Å². The normalized spacial score (nSPS) is 17.4. The van der Waals surface area contributed by atoms with Crippen LogP contribution in [0.15, 0.2) is 11.6 Å². The molecule has 0 saturated heterocycles. The van der Waals surface area contributed by atoms with E-state index in [2.05, 4.69) is 6.08 Å². The molecule has 0 radical (unpaired) electrons. The molecule has 0 heterocycles. The van der Waals surface area contributed by atoms with Gasteiger partial charge in [0.05, 0.1) is 13.2 Å². The summed E-state index contributed by atoms with van der Waals surface area (Å²) in [5.41, 5.74) is 1.26. The van der Waals surface area contributed by atoms with Crippen molar-refractivity contribution in [2.75, 3.05) is 40.5 Å². The summed E-state index contributed by atoms with van der Waals surface area (Å²) in [6.45, 7) is 6.87. The van der Waals surface area contributed by atoms with Gasteiger partial charge in [0.2, 0.25) is 5.91 Å². The summed E-state index contributed by atoms with van der Waals surface area (Å²) >= 11 is 0. The van der Waals surface area contributed by atoms with Crippen LogP contribution in [0.3, 0.4) is 0 Å². The van der Waals surface area contributed by atoms with Gasteiger partial charge in [-0.15, -0.1) is 0 Å². The average Bonchev–Trinajstić information content (AvgIpc) is 2.78. The molecule has 1 amide bonds. The lowest BCUT2D eigenvalue weighted by Gasteiger charge is -2.29. The number of carbonyl (C=O) groups excluding carboxylic acids is 1. The molecule has 0 N–H and O–H groups in total. The van der Waals surface area contributed by atoms with Crippen molar-refractivity contribution in [3.05, 3.63) is 11.6 Å². The molecule has 110 valence electrons. The van der Waals surface area contributed by atoms with Crippen LogP contribution in [0.1, 0.15) is 33.1 Å². The third-order valence-corrected chi connectivity index (χ3v) is 3.53. The molecule has 0 aliphatic heterocycles. The predicted molar refractivity (Wildman–Crippen MR) is 76.0 cm³/mol. The molecule has 4 nitrogen and oxygen atoms in total. The van der Waals surface area contributed by atoms with Crippen molar-refractivity contribution in [3.63, 3.8) is 0 Å². The minimum absolute atomic E-state index is 0.0357. The quantitative estimate of drug-likeness (QED) is 0.634. The molecule has 1 aliphatic carbocycles. The molecule has 0 spiro atoms. The van der Waals surface area contributed by atoms with Crippen molar-refractivity contribution in [2.45, 2.75) is 33.1 Å². The smallest absolute Gasteiger partial charge is 0.226 e. The largest absolute Gasteiger partial charge is 0.381 e. The monoisotopic (exact) mass is 269 g/mol. The standard InChI is InChI=1S/C15H27NO3/c1-5-18-11-15(12-19-6-2)8-7-13(10-15)9-14(17)16(3)4/h7H,5-6,8-12H2,1-4H3. The molecule has 0 atom stereocenters. The third-order valence-electron chi connectivity index (χ3n) is 3.53. The average molecular weight is 269 g/mol. The maximum atomic E-state index is 11.8. The number of nitrogens with zero attached hydrogens (tertiary/aromatic N) is 1. The number of allylic oxidation sites excluding steroid dienone is 1. The van der Waals surface area contributed by atoms with Crippen molar-refractivity contribution >= 4 is 5.91 Å². The maximum Gasteiger partial charge on any atom is 0.226 e. The van der Waals surface area contributed by atoms with Gasteiger partial charge in [-0.2, -0.15) is 0 Å². The number of hydrogen-bond donors (Lipinski definition) is 0. The summed E-state index contributed by atoms with van der Waals surface area (Å²) in [6.07, 6.45) is 4.57. The molecule has 0 aromatic heterocycles. The van der Waals surface area contributed by atoms with Crippen LogP contribution in [0.4, 0.5) is 0 Å². The third kappa shape index (κ3) is 4.96. The lowest BCUT2D eigenvalue weighted by atomic mass is 9.85. The van der Waals surface area contributed by atoms with Crippen LogP contribution < -0.4 is 0 Å². The van der Waals surface area contributed by atoms with Gasteiger partial charge in [-0.3, -0.25) is 4.79 Å². The topological polar surface area (TPSA) is 38.8 Å². The first-order valence-electron chi connectivity index (χ1n) is 7.06. The minimum atomic E-state index is 0.0357. The number of hydrogen-bond acceptors (Lipinski definition) is 3. The minimum Gasteiger partial charge on any atom is -0.381 e. The lowest BCUT2D eigenvalue weighted by Crippen LogP contribution is -2.30. The Bertz CT molecular complexity index is 315. The number of amides is 1. The van der Waals surface area contributed by atoms with Crippen LogP contribution in [-0.2, 0) is 14.3 Å². The second kappa shape index (κ2) is 7.65. The van der Waals surface area contributed by atoms with Crippen LogP contribution in [0, 0.1) is 5.41 Å². The molecule has 0 aromatic rings. The fourth-order valence-corrected chi connectivity index (χ4v) is 2.37. The number of ether oxygens (including phenoxy) is 2. The van der Waals surface area contributed by atoms with E-state index in [-0.39, 0.29) is 11.3 Å². The van der Waals surface area contributed by atoms with Crippen LogP contribution in [0.5, 0.6) is 0 Å². The first kappa shape index (κ1) is 16.2. The molecule has 1 aliphatic rings. The lowest BCUT2D eigenvalue weighted by molar-refractivity contribution is -0.128. The van der Waals surface area contributed by atoms with Gasteiger partial charge in [0.25, 0.3) is 0 Å². The van der Waals surface area contributed by atoms with Crippen LogP contribution in [-0.4, -0.2) is 51.3 Å². The zero-order valence-corrected chi connectivity index (χ0v) is 12.7. The molecule has 0 fully saturated rings. The fraction of sp³-hybridized carbons (Fsp3) is 0.800. The van der Waals surface area contributed by atoms with Gasteiger partial charge in [-0.25, -0.2) is 0 Å². The zero-order chi connectivity index (χ0) is 14.3. The summed E-state index contributed by atoms with van der Waals surface area (Å²) in [4.78, 5) is 13.4. The SMILES string of the molecule is CCOCC1(COCC)CC=C(CC(=O)N(C)C)C1. The van der Waals surface area contributed by atoms with Gasteiger partial charge >= 0.3 is 0 Å². The predicted octanol–water partition coefficient (Wildman–Crippen LogP) is 2.24. The number of rotatable bonds is 8. The first-order chi connectivity index (χ1) is 9.03. The first-order valence-corrected chi connectivity index (χ1v) is 7.06. The van der Waals surface area contributed by atoms with Gasteiger partial charge in [0, 0.05) is 39.1 Å². The van der Waals surface area contributed by atoms with Crippen LogP contribution >= 0.6 is 0 Å². The Labute approximate surface area is 116 Å². The molecule has 0 bridgehead atoms. The summed E-state index contributed by atoms with van der Waals surface area (Å²) in [6, 6.07) is 0. The molecular formula is C15H27NO3. The Kier molecular flexibility index (Phi) is 6.52. The Balaban J connectivity index is 2.55. The second-order valence-corrected chi connectivity index (χ2v) is 5.48. The van der Waals surface area contributed by atoms with Gasteiger partial charge in [-0.05, 0) is 26.7 Å². The highest BCUT2D eigenvalue weighted by atomic mass is 16.5. The van der Waals surface area contributed by atoms with Gasteiger partial charge in [0.15, 0.2) is 0 Å². The fourth-order valence-electron chi connectivity index (χ4n) is 2.37. The van der Waals surface area contributed by atoms with Crippen molar-refractivity contribution in [1.29, 1.82) is 0 Å². The highest BCUT2D eigenvalue weighted by molar-refractivity contribution is 5.78. The van der Waals surface area contributed by atoms with Crippen molar-refractivity contribution in [3.8, 4) is 0 Å². The molecule has 0 unspecified atom stereocenters. The molecule has 0 saturated carbocycles. The molecular weight excluding hydrogens is 242 g/mol. The van der Waals surface area contributed by atoms with E-state index < -0.39 is 0 Å².